The fraction of sp³-hybridized carbons (Fsp3) is 1.00. The van der Waals surface area contributed by atoms with Crippen molar-refractivity contribution >= 4 is 24.8 Å². The zero-order valence-corrected chi connectivity index (χ0v) is 8.38. The van der Waals surface area contributed by atoms with Crippen LogP contribution in [0.25, 0.3) is 0 Å². The second kappa shape index (κ2) is 8.56. The summed E-state index contributed by atoms with van der Waals surface area (Å²) < 4.78 is 0. The van der Waals surface area contributed by atoms with Crippen LogP contribution in [0.4, 0.5) is 0 Å². The minimum Gasteiger partial charge on any atom is -0.396 e. The van der Waals surface area contributed by atoms with Crippen LogP contribution in [0.2, 0.25) is 0 Å². The van der Waals surface area contributed by atoms with Crippen LogP contribution in [0.1, 0.15) is 26.2 Å². The van der Waals surface area contributed by atoms with Crippen molar-refractivity contribution in [3.63, 3.8) is 0 Å². The third-order valence-electron chi connectivity index (χ3n) is 1.46. The lowest BCUT2D eigenvalue weighted by atomic mass is 10.0. The number of nitrogens with two attached hydrogens (primary N) is 2. The molecular formula is C6H18Cl2N2O. The van der Waals surface area contributed by atoms with Gasteiger partial charge in [0, 0.05) is 6.61 Å². The predicted octanol–water partition coefficient (Wildman–Crippen LogP) is 0.626. The van der Waals surface area contributed by atoms with E-state index in [4.69, 9.17) is 16.6 Å². The molecule has 72 valence electrons. The summed E-state index contributed by atoms with van der Waals surface area (Å²) in [5.41, 5.74) is 10.6. The lowest BCUT2D eigenvalue weighted by Gasteiger charge is -2.21. The third kappa shape index (κ3) is 10.5. The van der Waals surface area contributed by atoms with E-state index in [1.165, 1.54) is 0 Å². The Morgan fingerprint density at radius 2 is 1.73 bits per heavy atom. The maximum Gasteiger partial charge on any atom is 0.0634 e. The van der Waals surface area contributed by atoms with Crippen LogP contribution in [0.3, 0.4) is 0 Å². The van der Waals surface area contributed by atoms with Crippen LogP contribution < -0.4 is 11.5 Å². The molecule has 0 radical (unpaired) electrons. The largest absolute Gasteiger partial charge is 0.396 e. The van der Waals surface area contributed by atoms with E-state index in [2.05, 4.69) is 0 Å². The van der Waals surface area contributed by atoms with Crippen molar-refractivity contribution in [2.75, 3.05) is 6.61 Å². The molecule has 5 heteroatoms. The van der Waals surface area contributed by atoms with Gasteiger partial charge in [-0.05, 0) is 19.3 Å². The first-order valence-corrected chi connectivity index (χ1v) is 3.31. The Labute approximate surface area is 80.3 Å². The van der Waals surface area contributed by atoms with Gasteiger partial charge in [0.15, 0.2) is 0 Å². The van der Waals surface area contributed by atoms with Crippen molar-refractivity contribution in [2.24, 2.45) is 11.5 Å². The van der Waals surface area contributed by atoms with Gasteiger partial charge in [-0.3, -0.25) is 0 Å². The second-order valence-electron chi connectivity index (χ2n) is 2.41. The van der Waals surface area contributed by atoms with Gasteiger partial charge in [-0.15, -0.1) is 24.8 Å². The minimum absolute atomic E-state index is 0. The molecular weight excluding hydrogens is 187 g/mol. The first-order chi connectivity index (χ1) is 4.12. The number of halogens is 2. The van der Waals surface area contributed by atoms with Crippen LogP contribution in [-0.2, 0) is 0 Å². The molecule has 0 aliphatic rings. The predicted molar refractivity (Wildman–Crippen MR) is 52.2 cm³/mol. The average molecular weight is 205 g/mol. The van der Waals surface area contributed by atoms with Gasteiger partial charge in [-0.2, -0.15) is 0 Å². The Balaban J connectivity index is -0.000000320. The van der Waals surface area contributed by atoms with E-state index in [9.17, 15) is 0 Å². The number of aliphatic hydroxyl groups excluding tert-OH is 1. The van der Waals surface area contributed by atoms with Crippen LogP contribution in [0, 0.1) is 0 Å². The summed E-state index contributed by atoms with van der Waals surface area (Å²) in [6.07, 6.45) is 2.15. The van der Waals surface area contributed by atoms with Crippen LogP contribution in [0.15, 0.2) is 0 Å². The Morgan fingerprint density at radius 3 is 2.00 bits per heavy atom. The summed E-state index contributed by atoms with van der Waals surface area (Å²) in [5.74, 6) is 0. The van der Waals surface area contributed by atoms with Crippen molar-refractivity contribution in [3.8, 4) is 0 Å². The van der Waals surface area contributed by atoms with Crippen molar-refractivity contribution in [2.45, 2.75) is 31.8 Å². The maximum atomic E-state index is 8.41. The lowest BCUT2D eigenvalue weighted by molar-refractivity contribution is 0.259. The fourth-order valence-corrected chi connectivity index (χ4v) is 0.585. The number of hydrogen-bond donors (Lipinski definition) is 3. The molecule has 3 nitrogen and oxygen atoms in total. The molecule has 0 aliphatic carbocycles. The van der Waals surface area contributed by atoms with Crippen molar-refractivity contribution in [3.05, 3.63) is 0 Å². The molecule has 0 saturated carbocycles. The van der Waals surface area contributed by atoms with Gasteiger partial charge >= 0.3 is 0 Å². The number of aliphatic hydroxyl groups is 1. The van der Waals surface area contributed by atoms with E-state index in [-0.39, 0.29) is 31.4 Å². The molecule has 0 aliphatic heterocycles. The Kier molecular flexibility index (Phi) is 13.6. The quantitative estimate of drug-likeness (QED) is 0.589. The van der Waals surface area contributed by atoms with E-state index in [0.717, 1.165) is 6.42 Å². The van der Waals surface area contributed by atoms with Gasteiger partial charge in [0.25, 0.3) is 0 Å². The highest BCUT2D eigenvalue weighted by atomic mass is 35.5. The molecule has 0 saturated heterocycles. The summed E-state index contributed by atoms with van der Waals surface area (Å²) in [6.45, 7) is 2.12. The normalized spacial score (nSPS) is 9.82. The van der Waals surface area contributed by atoms with Gasteiger partial charge in [0.05, 0.1) is 5.66 Å². The van der Waals surface area contributed by atoms with Crippen LogP contribution in [0.5, 0.6) is 0 Å². The summed E-state index contributed by atoms with van der Waals surface area (Å²) in [5, 5.41) is 8.41. The van der Waals surface area contributed by atoms with Gasteiger partial charge < -0.3 is 16.6 Å². The first-order valence-electron chi connectivity index (χ1n) is 3.31. The van der Waals surface area contributed by atoms with Crippen molar-refractivity contribution in [1.29, 1.82) is 0 Å². The van der Waals surface area contributed by atoms with E-state index >= 15 is 0 Å². The van der Waals surface area contributed by atoms with E-state index < -0.39 is 5.66 Å². The molecule has 0 atom stereocenters. The summed E-state index contributed by atoms with van der Waals surface area (Å²) in [6, 6.07) is 0. The Bertz CT molecular complexity index is 81.0. The monoisotopic (exact) mass is 204 g/mol. The highest BCUT2D eigenvalue weighted by molar-refractivity contribution is 5.85. The summed E-state index contributed by atoms with van der Waals surface area (Å²) in [4.78, 5) is 0. The van der Waals surface area contributed by atoms with E-state index in [1.807, 2.05) is 6.92 Å². The van der Waals surface area contributed by atoms with E-state index in [1.54, 1.807) is 0 Å². The standard InChI is InChI=1S/C6H16N2O.2ClH/c1-2-6(7,8)4-3-5-9;;/h9H,2-5,7-8H2,1H3;2*1H. The smallest absolute Gasteiger partial charge is 0.0634 e. The molecule has 5 N–H and O–H groups in total. The molecule has 0 aromatic heterocycles. The molecule has 0 unspecified atom stereocenters. The topological polar surface area (TPSA) is 72.3 Å². The molecule has 0 spiro atoms. The highest BCUT2D eigenvalue weighted by Crippen LogP contribution is 2.05. The SMILES string of the molecule is CCC(N)(N)CCCO.Cl.Cl. The first kappa shape index (κ1) is 17.5. The van der Waals surface area contributed by atoms with Gasteiger partial charge in [-0.25, -0.2) is 0 Å². The molecule has 11 heavy (non-hydrogen) atoms. The maximum absolute atomic E-state index is 8.41. The zero-order chi connectivity index (χ0) is 7.33. The Morgan fingerprint density at radius 1 is 1.27 bits per heavy atom. The average Bonchev–Trinajstić information content (AvgIpc) is 1.84. The molecule has 0 rings (SSSR count). The van der Waals surface area contributed by atoms with Crippen LogP contribution in [-0.4, -0.2) is 17.4 Å². The number of hydrogen-bond acceptors (Lipinski definition) is 3. The number of rotatable bonds is 4. The van der Waals surface area contributed by atoms with Gasteiger partial charge in [0.2, 0.25) is 0 Å². The molecule has 0 bridgehead atoms. The fourth-order valence-electron chi connectivity index (χ4n) is 0.585. The second-order valence-corrected chi connectivity index (χ2v) is 2.41. The molecule has 0 amide bonds. The van der Waals surface area contributed by atoms with Crippen molar-refractivity contribution < 1.29 is 5.11 Å². The third-order valence-corrected chi connectivity index (χ3v) is 1.46. The molecule has 0 aromatic carbocycles. The zero-order valence-electron chi connectivity index (χ0n) is 6.75. The lowest BCUT2D eigenvalue weighted by Crippen LogP contribution is -2.48. The minimum atomic E-state index is -0.567. The summed E-state index contributed by atoms with van der Waals surface area (Å²) in [7, 11) is 0. The van der Waals surface area contributed by atoms with E-state index in [0.29, 0.717) is 12.8 Å². The Hall–Kier alpha value is 0.460. The van der Waals surface area contributed by atoms with Crippen LogP contribution >= 0.6 is 24.8 Å². The molecule has 0 aromatic rings. The van der Waals surface area contributed by atoms with Crippen molar-refractivity contribution in [1.82, 2.24) is 0 Å². The van der Waals surface area contributed by atoms with Gasteiger partial charge in [0.1, 0.15) is 0 Å². The van der Waals surface area contributed by atoms with Gasteiger partial charge in [-0.1, -0.05) is 6.92 Å². The molecule has 0 heterocycles. The molecule has 0 fully saturated rings. The highest BCUT2D eigenvalue weighted by Gasteiger charge is 2.13. The summed E-state index contributed by atoms with van der Waals surface area (Å²) >= 11 is 0.